The number of aromatic nitrogens is 1. The van der Waals surface area contributed by atoms with E-state index in [1.807, 2.05) is 48.2 Å². The molecule has 1 aliphatic rings. The molecule has 4 aromatic rings. The number of hydrogen-bond acceptors (Lipinski definition) is 4. The van der Waals surface area contributed by atoms with Crippen LogP contribution in [0.5, 0.6) is 0 Å². The highest BCUT2D eigenvalue weighted by Gasteiger charge is 2.26. The monoisotopic (exact) mass is 473 g/mol. The number of piperazine rings is 1. The third kappa shape index (κ3) is 4.19. The summed E-state index contributed by atoms with van der Waals surface area (Å²) in [4.78, 5) is 17.8. The van der Waals surface area contributed by atoms with Gasteiger partial charge < -0.3 is 14.4 Å². The van der Waals surface area contributed by atoms with Crippen molar-refractivity contribution >= 4 is 32.3 Å². The smallest absolute Gasteiger partial charge is 0.242 e. The summed E-state index contributed by atoms with van der Waals surface area (Å²) in [5.74, 6) is -0.00671. The van der Waals surface area contributed by atoms with E-state index in [2.05, 4.69) is 17.0 Å². The summed E-state index contributed by atoms with van der Waals surface area (Å²) in [6.07, 6.45) is 1.61. The molecule has 5 rings (SSSR count). The zero-order chi connectivity index (χ0) is 23.7. The van der Waals surface area contributed by atoms with Gasteiger partial charge in [0.1, 0.15) is 6.54 Å². The molecular formula is C27H27N3O3S. The number of rotatable bonds is 5. The molecule has 174 valence electrons. The van der Waals surface area contributed by atoms with Crippen LogP contribution in [0.15, 0.2) is 94.9 Å². The summed E-state index contributed by atoms with van der Waals surface area (Å²) in [5, 5.41) is 0.629. The Kier molecular flexibility index (Phi) is 5.87. The van der Waals surface area contributed by atoms with Crippen molar-refractivity contribution < 1.29 is 13.2 Å². The van der Waals surface area contributed by atoms with Gasteiger partial charge in [-0.25, -0.2) is 8.42 Å². The molecule has 0 saturated carbocycles. The fourth-order valence-corrected chi connectivity index (χ4v) is 5.98. The van der Waals surface area contributed by atoms with Crippen molar-refractivity contribution in [3.05, 3.63) is 90.6 Å². The SMILES string of the molecule is Cc1ccc(S(=O)(=O)c2cn(CC(=O)N3CCN(c4ccccc4)CC3)c3ccccc23)cc1. The van der Waals surface area contributed by atoms with Crippen LogP contribution in [0.4, 0.5) is 5.69 Å². The molecule has 34 heavy (non-hydrogen) atoms. The third-order valence-electron chi connectivity index (χ3n) is 6.43. The Morgan fingerprint density at radius 3 is 2.18 bits per heavy atom. The largest absolute Gasteiger partial charge is 0.368 e. The van der Waals surface area contributed by atoms with Crippen LogP contribution >= 0.6 is 0 Å². The Balaban J connectivity index is 1.38. The number of fused-ring (bicyclic) bond motifs is 1. The van der Waals surface area contributed by atoms with E-state index in [0.717, 1.165) is 29.9 Å². The molecule has 1 fully saturated rings. The zero-order valence-electron chi connectivity index (χ0n) is 19.1. The second kappa shape index (κ2) is 8.99. The van der Waals surface area contributed by atoms with Crippen LogP contribution in [-0.2, 0) is 21.2 Å². The maximum absolute atomic E-state index is 13.4. The summed E-state index contributed by atoms with van der Waals surface area (Å²) >= 11 is 0. The van der Waals surface area contributed by atoms with Gasteiger partial charge in [0.2, 0.25) is 15.7 Å². The second-order valence-electron chi connectivity index (χ2n) is 8.66. The number of hydrogen-bond donors (Lipinski definition) is 0. The number of aryl methyl sites for hydroxylation is 1. The first kappa shape index (κ1) is 22.2. The fraction of sp³-hybridized carbons (Fsp3) is 0.222. The maximum atomic E-state index is 13.4. The van der Waals surface area contributed by atoms with E-state index in [1.165, 1.54) is 0 Å². The maximum Gasteiger partial charge on any atom is 0.242 e. The highest BCUT2D eigenvalue weighted by molar-refractivity contribution is 7.91. The number of carbonyl (C=O) groups excluding carboxylic acids is 1. The molecule has 1 aliphatic heterocycles. The Labute approximate surface area is 200 Å². The van der Waals surface area contributed by atoms with E-state index in [4.69, 9.17) is 0 Å². The standard InChI is InChI=1S/C27H27N3O3S/c1-21-11-13-23(14-12-21)34(32,33)26-19-30(25-10-6-5-9-24(25)26)20-27(31)29-17-15-28(16-18-29)22-7-3-2-4-8-22/h2-14,19H,15-18,20H2,1H3. The van der Waals surface area contributed by atoms with Gasteiger partial charge in [-0.1, -0.05) is 54.1 Å². The van der Waals surface area contributed by atoms with E-state index in [-0.39, 0.29) is 22.2 Å². The summed E-state index contributed by atoms with van der Waals surface area (Å²) < 4.78 is 28.6. The Morgan fingerprint density at radius 2 is 1.47 bits per heavy atom. The van der Waals surface area contributed by atoms with E-state index in [9.17, 15) is 13.2 Å². The molecule has 0 unspecified atom stereocenters. The van der Waals surface area contributed by atoms with Crippen LogP contribution < -0.4 is 4.90 Å². The molecule has 1 amide bonds. The van der Waals surface area contributed by atoms with Crippen LogP contribution in [0, 0.1) is 6.92 Å². The normalized spacial score (nSPS) is 14.5. The third-order valence-corrected chi connectivity index (χ3v) is 8.23. The average molecular weight is 474 g/mol. The highest BCUT2D eigenvalue weighted by atomic mass is 32.2. The summed E-state index contributed by atoms with van der Waals surface area (Å²) in [5.41, 5.74) is 2.90. The molecule has 0 radical (unpaired) electrons. The molecule has 1 saturated heterocycles. The van der Waals surface area contributed by atoms with Gasteiger partial charge in [0.25, 0.3) is 0 Å². The number of anilines is 1. The first-order valence-electron chi connectivity index (χ1n) is 11.4. The van der Waals surface area contributed by atoms with Crippen molar-refractivity contribution in [2.24, 2.45) is 0 Å². The number of carbonyl (C=O) groups is 1. The highest BCUT2D eigenvalue weighted by Crippen LogP contribution is 2.30. The summed E-state index contributed by atoms with van der Waals surface area (Å²) in [6.45, 7) is 4.86. The minimum absolute atomic E-state index is 0.00671. The number of nitrogens with zero attached hydrogens (tertiary/aromatic N) is 3. The number of benzene rings is 3. The van der Waals surface area contributed by atoms with Crippen LogP contribution in [0.25, 0.3) is 10.9 Å². The lowest BCUT2D eigenvalue weighted by Crippen LogP contribution is -2.49. The van der Waals surface area contributed by atoms with Crippen molar-refractivity contribution in [3.8, 4) is 0 Å². The number of para-hydroxylation sites is 2. The van der Waals surface area contributed by atoms with E-state index >= 15 is 0 Å². The molecule has 6 nitrogen and oxygen atoms in total. The van der Waals surface area contributed by atoms with Gasteiger partial charge in [0.15, 0.2) is 0 Å². The van der Waals surface area contributed by atoms with E-state index in [1.54, 1.807) is 41.1 Å². The van der Waals surface area contributed by atoms with Crippen molar-refractivity contribution in [1.29, 1.82) is 0 Å². The fourth-order valence-electron chi connectivity index (χ4n) is 4.50. The van der Waals surface area contributed by atoms with Gasteiger partial charge in [-0.05, 0) is 37.3 Å². The summed E-state index contributed by atoms with van der Waals surface area (Å²) in [7, 11) is -3.71. The van der Waals surface area contributed by atoms with E-state index < -0.39 is 9.84 Å². The number of amides is 1. The topological polar surface area (TPSA) is 62.6 Å². The lowest BCUT2D eigenvalue weighted by molar-refractivity contribution is -0.132. The molecule has 3 aromatic carbocycles. The molecule has 2 heterocycles. The van der Waals surface area contributed by atoms with Crippen molar-refractivity contribution in [2.45, 2.75) is 23.3 Å². The molecule has 0 aliphatic carbocycles. The van der Waals surface area contributed by atoms with Gasteiger partial charge in [0.05, 0.1) is 9.79 Å². The quantitative estimate of drug-likeness (QED) is 0.437. The van der Waals surface area contributed by atoms with Crippen LogP contribution in [0.2, 0.25) is 0 Å². The predicted molar refractivity (Wildman–Crippen MR) is 134 cm³/mol. The van der Waals surface area contributed by atoms with Gasteiger partial charge >= 0.3 is 0 Å². The van der Waals surface area contributed by atoms with Crippen molar-refractivity contribution in [3.63, 3.8) is 0 Å². The molecule has 0 N–H and O–H groups in total. The van der Waals surface area contributed by atoms with Crippen molar-refractivity contribution in [2.75, 3.05) is 31.1 Å². The molecular weight excluding hydrogens is 446 g/mol. The minimum atomic E-state index is -3.71. The van der Waals surface area contributed by atoms with Gasteiger partial charge in [-0.3, -0.25) is 4.79 Å². The van der Waals surface area contributed by atoms with Crippen LogP contribution in [-0.4, -0.2) is 50.0 Å². The lowest BCUT2D eigenvalue weighted by Gasteiger charge is -2.36. The van der Waals surface area contributed by atoms with E-state index in [0.29, 0.717) is 18.5 Å². The number of sulfone groups is 1. The van der Waals surface area contributed by atoms with Crippen LogP contribution in [0.1, 0.15) is 5.56 Å². The first-order chi connectivity index (χ1) is 16.4. The second-order valence-corrected chi connectivity index (χ2v) is 10.6. The average Bonchev–Trinajstić information content (AvgIpc) is 3.24. The predicted octanol–water partition coefficient (Wildman–Crippen LogP) is 4.13. The Hall–Kier alpha value is -3.58. The van der Waals surface area contributed by atoms with Gasteiger partial charge in [-0.2, -0.15) is 0 Å². The zero-order valence-corrected chi connectivity index (χ0v) is 19.9. The molecule has 0 atom stereocenters. The molecule has 0 spiro atoms. The summed E-state index contributed by atoms with van der Waals surface area (Å²) in [6, 6.07) is 24.4. The van der Waals surface area contributed by atoms with Gasteiger partial charge in [0, 0.05) is 49.0 Å². The van der Waals surface area contributed by atoms with Crippen LogP contribution in [0.3, 0.4) is 0 Å². The van der Waals surface area contributed by atoms with Gasteiger partial charge in [-0.15, -0.1) is 0 Å². The Morgan fingerprint density at radius 1 is 0.824 bits per heavy atom. The van der Waals surface area contributed by atoms with Crippen molar-refractivity contribution in [1.82, 2.24) is 9.47 Å². The lowest BCUT2D eigenvalue weighted by atomic mass is 10.2. The minimum Gasteiger partial charge on any atom is -0.368 e. The molecule has 1 aromatic heterocycles. The Bertz CT molecular complexity index is 1420. The molecule has 7 heteroatoms. The molecule has 0 bridgehead atoms. The first-order valence-corrected chi connectivity index (χ1v) is 12.9.